The van der Waals surface area contributed by atoms with Crippen molar-refractivity contribution >= 4 is 0 Å². The molecular weight excluding hydrogens is 353 g/mol. The first kappa shape index (κ1) is 20.8. The van der Waals surface area contributed by atoms with Crippen LogP contribution < -0.4 is 18.9 Å². The van der Waals surface area contributed by atoms with E-state index in [1.54, 1.807) is 33.5 Å². The van der Waals surface area contributed by atoms with Gasteiger partial charge in [-0.15, -0.1) is 0 Å². The maximum Gasteiger partial charge on any atom is 0.203 e. The number of hydrogen-bond acceptors (Lipinski definition) is 6. The molecule has 7 heteroatoms. The Labute approximate surface area is 159 Å². The lowest BCUT2D eigenvalue weighted by Gasteiger charge is -2.23. The molecule has 0 aromatic heterocycles. The number of rotatable bonds is 10. The van der Waals surface area contributed by atoms with Gasteiger partial charge in [0.15, 0.2) is 23.1 Å². The lowest BCUT2D eigenvalue weighted by atomic mass is 10.1. The lowest BCUT2D eigenvalue weighted by molar-refractivity contribution is 0.0726. The Morgan fingerprint density at radius 1 is 0.963 bits per heavy atom. The molecule has 0 fully saturated rings. The summed E-state index contributed by atoms with van der Waals surface area (Å²) < 4.78 is 35.0. The SMILES string of the molecule is COc1ccc(CN(C)CC(O)COc2ccccc2F)c(OC)c1OC. The summed E-state index contributed by atoms with van der Waals surface area (Å²) in [5.74, 6) is 1.36. The number of halogens is 1. The number of benzene rings is 2. The third-order valence-electron chi connectivity index (χ3n) is 4.02. The number of para-hydroxylation sites is 1. The highest BCUT2D eigenvalue weighted by molar-refractivity contribution is 5.55. The quantitative estimate of drug-likeness (QED) is 0.685. The van der Waals surface area contributed by atoms with Crippen LogP contribution in [-0.2, 0) is 6.54 Å². The van der Waals surface area contributed by atoms with Crippen LogP contribution in [0.2, 0.25) is 0 Å². The molecule has 2 aromatic carbocycles. The van der Waals surface area contributed by atoms with Crippen LogP contribution in [0.5, 0.6) is 23.0 Å². The van der Waals surface area contributed by atoms with Gasteiger partial charge in [0.25, 0.3) is 0 Å². The number of ether oxygens (including phenoxy) is 4. The van der Waals surface area contributed by atoms with Crippen LogP contribution in [0.3, 0.4) is 0 Å². The van der Waals surface area contributed by atoms with Crippen LogP contribution in [0.1, 0.15) is 5.56 Å². The molecule has 1 N–H and O–H groups in total. The van der Waals surface area contributed by atoms with E-state index in [4.69, 9.17) is 18.9 Å². The summed E-state index contributed by atoms with van der Waals surface area (Å²) in [5, 5.41) is 10.2. The van der Waals surface area contributed by atoms with Crippen molar-refractivity contribution in [2.75, 3.05) is 41.5 Å². The summed E-state index contributed by atoms with van der Waals surface area (Å²) in [6.45, 7) is 0.848. The van der Waals surface area contributed by atoms with Crippen LogP contribution in [-0.4, -0.2) is 57.6 Å². The van der Waals surface area contributed by atoms with Gasteiger partial charge in [0.05, 0.1) is 21.3 Å². The van der Waals surface area contributed by atoms with Crippen LogP contribution in [0, 0.1) is 5.82 Å². The smallest absolute Gasteiger partial charge is 0.203 e. The van der Waals surface area contributed by atoms with Gasteiger partial charge in [0.1, 0.15) is 12.7 Å². The molecule has 0 aliphatic rings. The molecule has 0 saturated heterocycles. The van der Waals surface area contributed by atoms with Crippen molar-refractivity contribution in [2.45, 2.75) is 12.6 Å². The van der Waals surface area contributed by atoms with Gasteiger partial charge in [0.2, 0.25) is 5.75 Å². The molecule has 0 aliphatic heterocycles. The molecule has 0 saturated carbocycles. The first-order valence-corrected chi connectivity index (χ1v) is 8.51. The molecule has 0 aliphatic carbocycles. The van der Waals surface area contributed by atoms with Gasteiger partial charge in [-0.1, -0.05) is 18.2 Å². The normalized spacial score (nSPS) is 12.0. The largest absolute Gasteiger partial charge is 0.493 e. The monoisotopic (exact) mass is 379 g/mol. The predicted octanol–water partition coefficient (Wildman–Crippen LogP) is 2.72. The standard InChI is InChI=1S/C20H26FNO5/c1-22(12-15(23)13-27-17-8-6-5-7-16(17)21)11-14-9-10-18(24-2)20(26-4)19(14)25-3/h5-10,15,23H,11-13H2,1-4H3. The Morgan fingerprint density at radius 2 is 1.67 bits per heavy atom. The van der Waals surface area contributed by atoms with Crippen LogP contribution in [0.25, 0.3) is 0 Å². The van der Waals surface area contributed by atoms with Crippen molar-refractivity contribution in [1.82, 2.24) is 4.90 Å². The Balaban J connectivity index is 1.96. The van der Waals surface area contributed by atoms with Crippen molar-refractivity contribution in [3.8, 4) is 23.0 Å². The van der Waals surface area contributed by atoms with E-state index < -0.39 is 11.9 Å². The molecule has 0 heterocycles. The summed E-state index contributed by atoms with van der Waals surface area (Å²) in [6.07, 6.45) is -0.777. The van der Waals surface area contributed by atoms with Gasteiger partial charge < -0.3 is 24.1 Å². The van der Waals surface area contributed by atoms with Gasteiger partial charge in [-0.25, -0.2) is 4.39 Å². The van der Waals surface area contributed by atoms with Gasteiger partial charge >= 0.3 is 0 Å². The molecule has 1 atom stereocenters. The molecule has 148 valence electrons. The van der Waals surface area contributed by atoms with Crippen molar-refractivity contribution < 1.29 is 28.4 Å². The zero-order valence-corrected chi connectivity index (χ0v) is 16.1. The lowest BCUT2D eigenvalue weighted by Crippen LogP contribution is -2.33. The Morgan fingerprint density at radius 3 is 2.30 bits per heavy atom. The maximum absolute atomic E-state index is 13.6. The maximum atomic E-state index is 13.6. The summed E-state index contributed by atoms with van der Waals surface area (Å²) in [4.78, 5) is 1.92. The molecule has 2 rings (SSSR count). The van der Waals surface area contributed by atoms with Crippen molar-refractivity contribution in [2.24, 2.45) is 0 Å². The number of aliphatic hydroxyl groups excluding tert-OH is 1. The van der Waals surface area contributed by atoms with Crippen LogP contribution >= 0.6 is 0 Å². The zero-order valence-electron chi connectivity index (χ0n) is 16.1. The zero-order chi connectivity index (χ0) is 19.8. The summed E-state index contributed by atoms with van der Waals surface area (Å²) in [7, 11) is 6.55. The van der Waals surface area contributed by atoms with Gasteiger partial charge in [0, 0.05) is 18.7 Å². The number of likely N-dealkylation sites (N-methyl/N-ethyl adjacent to an activating group) is 1. The summed E-state index contributed by atoms with van der Waals surface area (Å²) >= 11 is 0. The minimum atomic E-state index is -0.777. The third kappa shape index (κ3) is 5.48. The second kappa shape index (κ2) is 9.99. The van der Waals surface area contributed by atoms with E-state index in [0.717, 1.165) is 5.56 Å². The minimum Gasteiger partial charge on any atom is -0.493 e. The number of hydrogen-bond donors (Lipinski definition) is 1. The van der Waals surface area contributed by atoms with E-state index >= 15 is 0 Å². The minimum absolute atomic E-state index is 0.00561. The predicted molar refractivity (Wildman–Crippen MR) is 100 cm³/mol. The third-order valence-corrected chi connectivity index (χ3v) is 4.02. The van der Waals surface area contributed by atoms with E-state index in [-0.39, 0.29) is 12.4 Å². The fourth-order valence-corrected chi connectivity index (χ4v) is 2.80. The van der Waals surface area contributed by atoms with Crippen molar-refractivity contribution in [3.05, 3.63) is 47.8 Å². The highest BCUT2D eigenvalue weighted by atomic mass is 19.1. The number of nitrogens with zero attached hydrogens (tertiary/aromatic N) is 1. The summed E-state index contributed by atoms with van der Waals surface area (Å²) in [6, 6.07) is 9.81. The average Bonchev–Trinajstić information content (AvgIpc) is 2.66. The molecular formula is C20H26FNO5. The Hall–Kier alpha value is -2.51. The molecule has 6 nitrogen and oxygen atoms in total. The molecule has 0 radical (unpaired) electrons. The topological polar surface area (TPSA) is 60.4 Å². The van der Waals surface area contributed by atoms with E-state index in [2.05, 4.69) is 0 Å². The van der Waals surface area contributed by atoms with E-state index in [1.165, 1.54) is 12.1 Å². The fraction of sp³-hybridized carbons (Fsp3) is 0.400. The van der Waals surface area contributed by atoms with Crippen molar-refractivity contribution in [3.63, 3.8) is 0 Å². The molecule has 2 aromatic rings. The molecule has 27 heavy (non-hydrogen) atoms. The molecule has 0 bridgehead atoms. The Bertz CT molecular complexity index is 740. The van der Waals surface area contributed by atoms with E-state index in [1.807, 2.05) is 24.1 Å². The second-order valence-electron chi connectivity index (χ2n) is 6.09. The first-order valence-electron chi connectivity index (χ1n) is 8.51. The highest BCUT2D eigenvalue weighted by Crippen LogP contribution is 2.40. The first-order chi connectivity index (χ1) is 13.0. The molecule has 1 unspecified atom stereocenters. The molecule has 0 spiro atoms. The average molecular weight is 379 g/mol. The Kier molecular flexibility index (Phi) is 7.69. The van der Waals surface area contributed by atoms with E-state index in [9.17, 15) is 9.50 Å². The summed E-state index contributed by atoms with van der Waals surface area (Å²) in [5.41, 5.74) is 0.889. The van der Waals surface area contributed by atoms with E-state index in [0.29, 0.717) is 30.3 Å². The van der Waals surface area contributed by atoms with Gasteiger partial charge in [-0.2, -0.15) is 0 Å². The fourth-order valence-electron chi connectivity index (χ4n) is 2.80. The van der Waals surface area contributed by atoms with Crippen LogP contribution in [0.15, 0.2) is 36.4 Å². The molecule has 0 amide bonds. The number of methoxy groups -OCH3 is 3. The van der Waals surface area contributed by atoms with Gasteiger partial charge in [-0.05, 0) is 25.2 Å². The van der Waals surface area contributed by atoms with Crippen molar-refractivity contribution in [1.29, 1.82) is 0 Å². The highest BCUT2D eigenvalue weighted by Gasteiger charge is 2.18. The van der Waals surface area contributed by atoms with Gasteiger partial charge in [-0.3, -0.25) is 4.90 Å². The number of aliphatic hydroxyl groups is 1. The second-order valence-corrected chi connectivity index (χ2v) is 6.09. The van der Waals surface area contributed by atoms with Crippen LogP contribution in [0.4, 0.5) is 4.39 Å².